The predicted octanol–water partition coefficient (Wildman–Crippen LogP) is 1.72. The van der Waals surface area contributed by atoms with Crippen LogP contribution in [0.25, 0.3) is 0 Å². The number of nitriles is 1. The van der Waals surface area contributed by atoms with E-state index in [4.69, 9.17) is 5.26 Å². The van der Waals surface area contributed by atoms with Crippen LogP contribution in [0.3, 0.4) is 0 Å². The van der Waals surface area contributed by atoms with Crippen molar-refractivity contribution in [2.45, 2.75) is 18.9 Å². The lowest BCUT2D eigenvalue weighted by atomic mass is 10.1. The third kappa shape index (κ3) is 3.50. The molecule has 1 saturated heterocycles. The van der Waals surface area contributed by atoms with E-state index in [1.165, 1.54) is 0 Å². The molecule has 0 radical (unpaired) electrons. The van der Waals surface area contributed by atoms with Crippen molar-refractivity contribution in [2.24, 2.45) is 0 Å². The largest absolute Gasteiger partial charge is 0.352 e. The Hall–Kier alpha value is -1.47. The average Bonchev–Trinajstić information content (AvgIpc) is 2.82. The van der Waals surface area contributed by atoms with Gasteiger partial charge >= 0.3 is 0 Å². The van der Waals surface area contributed by atoms with E-state index in [0.717, 1.165) is 23.5 Å². The summed E-state index contributed by atoms with van der Waals surface area (Å²) in [5.74, 6) is 2.24. The molecule has 3 nitrogen and oxygen atoms in total. The van der Waals surface area contributed by atoms with E-state index < -0.39 is 0 Å². The van der Waals surface area contributed by atoms with Crippen molar-refractivity contribution in [1.82, 2.24) is 5.32 Å². The molecule has 1 aliphatic rings. The van der Waals surface area contributed by atoms with Gasteiger partial charge in [0, 0.05) is 11.8 Å². The van der Waals surface area contributed by atoms with E-state index in [1.807, 2.05) is 23.9 Å². The van der Waals surface area contributed by atoms with E-state index in [9.17, 15) is 4.79 Å². The van der Waals surface area contributed by atoms with Crippen molar-refractivity contribution in [3.63, 3.8) is 0 Å². The molecule has 1 amide bonds. The van der Waals surface area contributed by atoms with Crippen LogP contribution in [0.5, 0.6) is 0 Å². The standard InChI is InChI=1S/C13H14N2OS/c14-8-11-3-1-10(2-4-11)7-13(16)15-12-5-6-17-9-12/h1-4,12H,5-7,9H2,(H,15,16). The molecule has 0 aromatic heterocycles. The fraction of sp³-hybridized carbons (Fsp3) is 0.385. The Bertz CT molecular complexity index is 430. The minimum Gasteiger partial charge on any atom is -0.352 e. The summed E-state index contributed by atoms with van der Waals surface area (Å²) in [5.41, 5.74) is 1.58. The highest BCUT2D eigenvalue weighted by atomic mass is 32.2. The van der Waals surface area contributed by atoms with Crippen LogP contribution in [0.2, 0.25) is 0 Å². The quantitative estimate of drug-likeness (QED) is 0.883. The van der Waals surface area contributed by atoms with Crippen LogP contribution >= 0.6 is 11.8 Å². The molecule has 1 aromatic rings. The second-order valence-corrected chi connectivity index (χ2v) is 5.26. The molecule has 0 aliphatic carbocycles. The molecule has 88 valence electrons. The predicted molar refractivity (Wildman–Crippen MR) is 68.7 cm³/mol. The second kappa shape index (κ2) is 5.74. The van der Waals surface area contributed by atoms with Crippen LogP contribution < -0.4 is 5.32 Å². The number of rotatable bonds is 3. The monoisotopic (exact) mass is 246 g/mol. The molecule has 17 heavy (non-hydrogen) atoms. The summed E-state index contributed by atoms with van der Waals surface area (Å²) in [4.78, 5) is 11.7. The summed E-state index contributed by atoms with van der Waals surface area (Å²) in [7, 11) is 0. The molecule has 0 saturated carbocycles. The summed E-state index contributed by atoms with van der Waals surface area (Å²) in [6.07, 6.45) is 1.47. The smallest absolute Gasteiger partial charge is 0.224 e. The highest BCUT2D eigenvalue weighted by Gasteiger charge is 2.17. The van der Waals surface area contributed by atoms with E-state index in [-0.39, 0.29) is 5.91 Å². The lowest BCUT2D eigenvalue weighted by Crippen LogP contribution is -2.35. The minimum absolute atomic E-state index is 0.0715. The molecule has 0 spiro atoms. The molecule has 2 rings (SSSR count). The fourth-order valence-corrected chi connectivity index (χ4v) is 2.96. The summed E-state index contributed by atoms with van der Waals surface area (Å²) < 4.78 is 0. The Labute approximate surface area is 105 Å². The number of amides is 1. The van der Waals surface area contributed by atoms with Crippen molar-refractivity contribution in [2.75, 3.05) is 11.5 Å². The number of nitrogens with zero attached hydrogens (tertiary/aromatic N) is 1. The third-order valence-electron chi connectivity index (χ3n) is 2.74. The first kappa shape index (κ1) is 12.0. The number of hydrogen-bond donors (Lipinski definition) is 1. The first-order chi connectivity index (χ1) is 8.28. The zero-order valence-corrected chi connectivity index (χ0v) is 10.3. The summed E-state index contributed by atoms with van der Waals surface area (Å²) in [6.45, 7) is 0. The van der Waals surface area contributed by atoms with Crippen molar-refractivity contribution in [1.29, 1.82) is 5.26 Å². The summed E-state index contributed by atoms with van der Waals surface area (Å²) in [6, 6.07) is 9.56. The molecule has 1 N–H and O–H groups in total. The SMILES string of the molecule is N#Cc1ccc(CC(=O)NC2CCSC2)cc1. The maximum atomic E-state index is 11.7. The van der Waals surface area contributed by atoms with E-state index >= 15 is 0 Å². The highest BCUT2D eigenvalue weighted by Crippen LogP contribution is 2.17. The van der Waals surface area contributed by atoms with E-state index in [1.54, 1.807) is 12.1 Å². The topological polar surface area (TPSA) is 52.9 Å². The van der Waals surface area contributed by atoms with Gasteiger partial charge < -0.3 is 5.32 Å². The molecule has 1 heterocycles. The Kier molecular flexibility index (Phi) is 4.05. The van der Waals surface area contributed by atoms with Crippen molar-refractivity contribution in [3.05, 3.63) is 35.4 Å². The van der Waals surface area contributed by atoms with Gasteiger partial charge in [-0.25, -0.2) is 0 Å². The maximum absolute atomic E-state index is 11.7. The molecule has 1 aliphatic heterocycles. The van der Waals surface area contributed by atoms with Gasteiger partial charge in [0.25, 0.3) is 0 Å². The number of benzene rings is 1. The van der Waals surface area contributed by atoms with Gasteiger partial charge in [-0.15, -0.1) is 0 Å². The molecule has 0 bridgehead atoms. The molecule has 1 atom stereocenters. The molecular weight excluding hydrogens is 232 g/mol. The number of nitrogens with one attached hydrogen (secondary N) is 1. The highest BCUT2D eigenvalue weighted by molar-refractivity contribution is 7.99. The molecule has 1 aromatic carbocycles. The average molecular weight is 246 g/mol. The van der Waals surface area contributed by atoms with Gasteiger partial charge in [0.15, 0.2) is 0 Å². The number of hydrogen-bond acceptors (Lipinski definition) is 3. The Morgan fingerprint density at radius 2 is 2.24 bits per heavy atom. The zero-order chi connectivity index (χ0) is 12.1. The lowest BCUT2D eigenvalue weighted by molar-refractivity contribution is -0.120. The maximum Gasteiger partial charge on any atom is 0.224 e. The van der Waals surface area contributed by atoms with E-state index in [2.05, 4.69) is 11.4 Å². The van der Waals surface area contributed by atoms with Crippen LogP contribution in [0.4, 0.5) is 0 Å². The van der Waals surface area contributed by atoms with Crippen LogP contribution in [0.15, 0.2) is 24.3 Å². The van der Waals surface area contributed by atoms with Gasteiger partial charge in [0.1, 0.15) is 0 Å². The summed E-state index contributed by atoms with van der Waals surface area (Å²) in [5, 5.41) is 11.7. The third-order valence-corrected chi connectivity index (χ3v) is 3.90. The number of carbonyl (C=O) groups excluding carboxylic acids is 1. The van der Waals surface area contributed by atoms with Gasteiger partial charge in [-0.2, -0.15) is 17.0 Å². The van der Waals surface area contributed by atoms with Crippen LogP contribution in [-0.4, -0.2) is 23.5 Å². The second-order valence-electron chi connectivity index (χ2n) is 4.11. The van der Waals surface area contributed by atoms with Crippen LogP contribution in [0, 0.1) is 11.3 Å². The van der Waals surface area contributed by atoms with Gasteiger partial charge in [-0.05, 0) is 29.9 Å². The Morgan fingerprint density at radius 3 is 2.82 bits per heavy atom. The fourth-order valence-electron chi connectivity index (χ4n) is 1.81. The molecule has 4 heteroatoms. The van der Waals surface area contributed by atoms with Crippen molar-refractivity contribution >= 4 is 17.7 Å². The van der Waals surface area contributed by atoms with E-state index in [0.29, 0.717) is 18.0 Å². The van der Waals surface area contributed by atoms with Crippen LogP contribution in [0.1, 0.15) is 17.5 Å². The van der Waals surface area contributed by atoms with Crippen molar-refractivity contribution in [3.8, 4) is 6.07 Å². The number of carbonyl (C=O) groups is 1. The normalized spacial score (nSPS) is 18.6. The number of thioether (sulfide) groups is 1. The first-order valence-corrected chi connectivity index (χ1v) is 6.79. The van der Waals surface area contributed by atoms with Crippen LogP contribution in [-0.2, 0) is 11.2 Å². The van der Waals surface area contributed by atoms with Gasteiger partial charge in [0.05, 0.1) is 18.1 Å². The van der Waals surface area contributed by atoms with Gasteiger partial charge in [0.2, 0.25) is 5.91 Å². The zero-order valence-electron chi connectivity index (χ0n) is 9.48. The van der Waals surface area contributed by atoms with Gasteiger partial charge in [-0.3, -0.25) is 4.79 Å². The minimum atomic E-state index is 0.0715. The summed E-state index contributed by atoms with van der Waals surface area (Å²) >= 11 is 1.88. The lowest BCUT2D eigenvalue weighted by Gasteiger charge is -2.11. The first-order valence-electron chi connectivity index (χ1n) is 5.64. The molecule has 1 unspecified atom stereocenters. The Balaban J connectivity index is 1.86. The van der Waals surface area contributed by atoms with Gasteiger partial charge in [-0.1, -0.05) is 12.1 Å². The molecule has 1 fully saturated rings. The van der Waals surface area contributed by atoms with Crippen molar-refractivity contribution < 1.29 is 4.79 Å². The Morgan fingerprint density at radius 1 is 1.47 bits per heavy atom. The molecular formula is C13H14N2OS.